The lowest BCUT2D eigenvalue weighted by Gasteiger charge is -2.32. The Labute approximate surface area is 147 Å². The van der Waals surface area contributed by atoms with E-state index in [0.29, 0.717) is 24.7 Å². The van der Waals surface area contributed by atoms with Gasteiger partial charge in [0.15, 0.2) is 11.5 Å². The number of nitrogens with zero attached hydrogens (tertiary/aromatic N) is 1. The number of benzene rings is 1. The standard InChI is InChI=1S/C14H20N2O7S2/c1-11-9-21-6-5-16(11)24(17,18)7-4-15-25(19,20)12-2-3-13-14(8-12)23-10-22-13/h2-3,8,11,15H,4-7,9-10H2,1H3. The van der Waals surface area contributed by atoms with Crippen LogP contribution in [0, 0.1) is 0 Å². The summed E-state index contributed by atoms with van der Waals surface area (Å²) in [4.78, 5) is -0.00566. The van der Waals surface area contributed by atoms with Gasteiger partial charge >= 0.3 is 0 Å². The van der Waals surface area contributed by atoms with Gasteiger partial charge in [-0.05, 0) is 19.1 Å². The van der Waals surface area contributed by atoms with Gasteiger partial charge in [-0.25, -0.2) is 21.6 Å². The zero-order valence-electron chi connectivity index (χ0n) is 13.7. The number of morpholine rings is 1. The van der Waals surface area contributed by atoms with Crippen molar-refractivity contribution < 1.29 is 31.0 Å². The van der Waals surface area contributed by atoms with E-state index in [4.69, 9.17) is 14.2 Å². The van der Waals surface area contributed by atoms with E-state index in [1.807, 2.05) is 0 Å². The van der Waals surface area contributed by atoms with Gasteiger partial charge in [0.05, 0.1) is 23.9 Å². The van der Waals surface area contributed by atoms with Gasteiger partial charge in [0, 0.05) is 25.2 Å². The second kappa shape index (κ2) is 7.08. The minimum Gasteiger partial charge on any atom is -0.454 e. The van der Waals surface area contributed by atoms with Crippen molar-refractivity contribution in [2.45, 2.75) is 17.9 Å². The molecule has 2 aliphatic rings. The maximum atomic E-state index is 12.4. The zero-order valence-corrected chi connectivity index (χ0v) is 15.3. The van der Waals surface area contributed by atoms with Crippen LogP contribution < -0.4 is 14.2 Å². The first kappa shape index (κ1) is 18.4. The van der Waals surface area contributed by atoms with Crippen molar-refractivity contribution in [2.75, 3.05) is 38.8 Å². The van der Waals surface area contributed by atoms with E-state index in [0.717, 1.165) is 0 Å². The van der Waals surface area contributed by atoms with Crippen LogP contribution in [0.25, 0.3) is 0 Å². The average molecular weight is 392 g/mol. The van der Waals surface area contributed by atoms with Gasteiger partial charge in [0.25, 0.3) is 0 Å². The third-order valence-electron chi connectivity index (χ3n) is 3.97. The largest absolute Gasteiger partial charge is 0.454 e. The maximum absolute atomic E-state index is 12.4. The van der Waals surface area contributed by atoms with Crippen LogP contribution in [0.2, 0.25) is 0 Å². The highest BCUT2D eigenvalue weighted by Gasteiger charge is 2.30. The molecular formula is C14H20N2O7S2. The number of hydrogen-bond donors (Lipinski definition) is 1. The molecule has 1 saturated heterocycles. The minimum absolute atomic E-state index is 0.00566. The molecule has 1 aromatic rings. The number of ether oxygens (including phenoxy) is 3. The number of hydrogen-bond acceptors (Lipinski definition) is 7. The minimum atomic E-state index is -3.84. The van der Waals surface area contributed by atoms with Gasteiger partial charge in [0.2, 0.25) is 26.8 Å². The molecule has 0 spiro atoms. The second-order valence-electron chi connectivity index (χ2n) is 5.76. The summed E-state index contributed by atoms with van der Waals surface area (Å²) in [6, 6.07) is 3.98. The molecule has 11 heteroatoms. The fourth-order valence-corrected chi connectivity index (χ4v) is 5.41. The van der Waals surface area contributed by atoms with Gasteiger partial charge in [-0.1, -0.05) is 0 Å². The van der Waals surface area contributed by atoms with Crippen LogP contribution in [-0.2, 0) is 24.8 Å². The average Bonchev–Trinajstić information content (AvgIpc) is 3.02. The second-order valence-corrected chi connectivity index (χ2v) is 9.57. The summed E-state index contributed by atoms with van der Waals surface area (Å²) in [7, 11) is -7.41. The fraction of sp³-hybridized carbons (Fsp3) is 0.571. The smallest absolute Gasteiger partial charge is 0.240 e. The topological polar surface area (TPSA) is 111 Å². The molecule has 2 aliphatic heterocycles. The highest BCUT2D eigenvalue weighted by Crippen LogP contribution is 2.33. The molecular weight excluding hydrogens is 372 g/mol. The first-order chi connectivity index (χ1) is 11.8. The van der Waals surface area contributed by atoms with Crippen molar-refractivity contribution in [3.63, 3.8) is 0 Å². The predicted molar refractivity (Wildman–Crippen MR) is 88.5 cm³/mol. The van der Waals surface area contributed by atoms with Crippen LogP contribution in [0.15, 0.2) is 23.1 Å². The highest BCUT2D eigenvalue weighted by molar-refractivity contribution is 7.90. The lowest BCUT2D eigenvalue weighted by Crippen LogP contribution is -2.49. The molecule has 0 aromatic heterocycles. The maximum Gasteiger partial charge on any atom is 0.240 e. The van der Waals surface area contributed by atoms with E-state index in [-0.39, 0.29) is 36.6 Å². The van der Waals surface area contributed by atoms with E-state index in [9.17, 15) is 16.8 Å². The molecule has 1 aromatic carbocycles. The predicted octanol–water partition coefficient (Wildman–Crippen LogP) is -0.256. The zero-order chi connectivity index (χ0) is 18.1. The molecule has 0 saturated carbocycles. The van der Waals surface area contributed by atoms with Crippen LogP contribution in [-0.4, -0.2) is 66.0 Å². The molecule has 0 radical (unpaired) electrons. The molecule has 25 heavy (non-hydrogen) atoms. The van der Waals surface area contributed by atoms with E-state index in [1.54, 1.807) is 6.92 Å². The Hall–Kier alpha value is -1.40. The summed E-state index contributed by atoms with van der Waals surface area (Å²) in [6.07, 6.45) is 0. The molecule has 140 valence electrons. The Bertz CT molecular complexity index is 839. The van der Waals surface area contributed by atoms with Gasteiger partial charge in [-0.15, -0.1) is 0 Å². The van der Waals surface area contributed by atoms with Gasteiger partial charge in [-0.3, -0.25) is 0 Å². The lowest BCUT2D eigenvalue weighted by molar-refractivity contribution is 0.0393. The van der Waals surface area contributed by atoms with Crippen molar-refractivity contribution in [1.82, 2.24) is 9.03 Å². The van der Waals surface area contributed by atoms with E-state index >= 15 is 0 Å². The number of sulfonamides is 2. The van der Waals surface area contributed by atoms with Crippen LogP contribution in [0.3, 0.4) is 0 Å². The lowest BCUT2D eigenvalue weighted by atomic mass is 10.3. The molecule has 3 rings (SSSR count). The Morgan fingerprint density at radius 3 is 2.72 bits per heavy atom. The summed E-state index contributed by atoms with van der Waals surface area (Å²) in [5, 5.41) is 0. The van der Waals surface area contributed by atoms with Crippen LogP contribution in [0.4, 0.5) is 0 Å². The van der Waals surface area contributed by atoms with Gasteiger partial charge < -0.3 is 14.2 Å². The third-order valence-corrected chi connectivity index (χ3v) is 7.41. The van der Waals surface area contributed by atoms with Crippen molar-refractivity contribution in [3.05, 3.63) is 18.2 Å². The molecule has 0 aliphatic carbocycles. The van der Waals surface area contributed by atoms with Crippen molar-refractivity contribution in [1.29, 1.82) is 0 Å². The Morgan fingerprint density at radius 2 is 1.96 bits per heavy atom. The van der Waals surface area contributed by atoms with Crippen LogP contribution >= 0.6 is 0 Å². The first-order valence-electron chi connectivity index (χ1n) is 7.76. The number of nitrogens with one attached hydrogen (secondary N) is 1. The normalized spacial score (nSPS) is 21.4. The summed E-state index contributed by atoms with van der Waals surface area (Å²) in [5.74, 6) is 0.502. The monoisotopic (exact) mass is 392 g/mol. The van der Waals surface area contributed by atoms with Crippen molar-refractivity contribution in [2.24, 2.45) is 0 Å². The molecule has 0 amide bonds. The van der Waals surface area contributed by atoms with E-state index < -0.39 is 20.0 Å². The van der Waals surface area contributed by atoms with Gasteiger partial charge in [-0.2, -0.15) is 4.31 Å². The quantitative estimate of drug-likeness (QED) is 0.710. The Kier molecular flexibility index (Phi) is 5.21. The molecule has 9 nitrogen and oxygen atoms in total. The van der Waals surface area contributed by atoms with Crippen molar-refractivity contribution in [3.8, 4) is 11.5 Å². The van der Waals surface area contributed by atoms with E-state index in [1.165, 1.54) is 22.5 Å². The van der Waals surface area contributed by atoms with Crippen LogP contribution in [0.1, 0.15) is 6.92 Å². The van der Waals surface area contributed by atoms with Gasteiger partial charge in [0.1, 0.15) is 0 Å². The Morgan fingerprint density at radius 1 is 1.20 bits per heavy atom. The Balaban J connectivity index is 1.62. The molecule has 1 unspecified atom stereocenters. The van der Waals surface area contributed by atoms with Crippen molar-refractivity contribution >= 4 is 20.0 Å². The highest BCUT2D eigenvalue weighted by atomic mass is 32.2. The first-order valence-corrected chi connectivity index (χ1v) is 10.9. The third kappa shape index (κ3) is 4.06. The summed E-state index contributed by atoms with van der Waals surface area (Å²) >= 11 is 0. The molecule has 2 heterocycles. The van der Waals surface area contributed by atoms with E-state index in [2.05, 4.69) is 4.72 Å². The summed E-state index contributed by atoms with van der Waals surface area (Å²) in [5.41, 5.74) is 0. The van der Waals surface area contributed by atoms with Crippen LogP contribution in [0.5, 0.6) is 11.5 Å². The SMILES string of the molecule is CC1COCCN1S(=O)(=O)CCNS(=O)(=O)c1ccc2c(c1)OCO2. The fourth-order valence-electron chi connectivity index (χ4n) is 2.67. The number of fused-ring (bicyclic) bond motifs is 1. The number of rotatable bonds is 6. The summed E-state index contributed by atoms with van der Waals surface area (Å²) < 4.78 is 68.6. The molecule has 1 N–H and O–H groups in total. The molecule has 1 atom stereocenters. The molecule has 1 fully saturated rings. The molecule has 0 bridgehead atoms. The summed E-state index contributed by atoms with van der Waals surface area (Å²) in [6.45, 7) is 2.53.